The number of hydrazone groups is 1. The van der Waals surface area contributed by atoms with Gasteiger partial charge >= 0.3 is 0 Å². The van der Waals surface area contributed by atoms with Gasteiger partial charge in [0.25, 0.3) is 0 Å². The SMILES string of the molecule is CC(=O)/C(=N\Nc1ccc(S(N)(=O)=O)cc1)C(=S)Nc1ccccc1. The first-order chi connectivity index (χ1) is 11.8. The van der Waals surface area contributed by atoms with Crippen LogP contribution in [0.4, 0.5) is 11.4 Å². The molecule has 0 aliphatic rings. The van der Waals surface area contributed by atoms with Crippen molar-refractivity contribution in [1.82, 2.24) is 0 Å². The molecule has 0 amide bonds. The molecule has 0 saturated heterocycles. The number of nitrogens with zero attached hydrogens (tertiary/aromatic N) is 1. The van der Waals surface area contributed by atoms with Crippen molar-refractivity contribution in [1.29, 1.82) is 0 Å². The van der Waals surface area contributed by atoms with Gasteiger partial charge in [-0.1, -0.05) is 30.4 Å². The number of anilines is 2. The molecule has 2 rings (SSSR count). The van der Waals surface area contributed by atoms with Gasteiger partial charge in [0, 0.05) is 12.6 Å². The van der Waals surface area contributed by atoms with Gasteiger partial charge in [-0.15, -0.1) is 0 Å². The maximum atomic E-state index is 11.8. The summed E-state index contributed by atoms with van der Waals surface area (Å²) in [6, 6.07) is 14.8. The third kappa shape index (κ3) is 5.45. The lowest BCUT2D eigenvalue weighted by Crippen LogP contribution is -2.27. The normalized spacial score (nSPS) is 11.7. The monoisotopic (exact) mass is 376 g/mol. The average Bonchev–Trinajstić information content (AvgIpc) is 2.55. The smallest absolute Gasteiger partial charge is 0.238 e. The minimum absolute atomic E-state index is 0.0184. The number of carbonyl (C=O) groups is 1. The summed E-state index contributed by atoms with van der Waals surface area (Å²) < 4.78 is 22.4. The van der Waals surface area contributed by atoms with Crippen LogP contribution in [-0.2, 0) is 14.8 Å². The van der Waals surface area contributed by atoms with Crippen LogP contribution in [0.3, 0.4) is 0 Å². The molecule has 2 aromatic carbocycles. The van der Waals surface area contributed by atoms with Gasteiger partial charge < -0.3 is 5.32 Å². The maximum Gasteiger partial charge on any atom is 0.238 e. The number of benzene rings is 2. The summed E-state index contributed by atoms with van der Waals surface area (Å²) in [6.45, 7) is 1.35. The predicted octanol–water partition coefficient (Wildman–Crippen LogP) is 2.13. The van der Waals surface area contributed by atoms with E-state index in [4.69, 9.17) is 17.4 Å². The number of carbonyl (C=O) groups excluding carboxylic acids is 1. The van der Waals surface area contributed by atoms with Crippen molar-refractivity contribution in [3.8, 4) is 0 Å². The number of primary sulfonamides is 1. The predicted molar refractivity (Wildman–Crippen MR) is 102 cm³/mol. The van der Waals surface area contributed by atoms with Crippen LogP contribution in [0.15, 0.2) is 64.6 Å². The van der Waals surface area contributed by atoms with E-state index in [1.165, 1.54) is 31.2 Å². The molecule has 7 nitrogen and oxygen atoms in total. The fourth-order valence-corrected chi connectivity index (χ4v) is 2.66. The van der Waals surface area contributed by atoms with Crippen molar-refractivity contribution >= 4 is 50.1 Å². The number of nitrogens with two attached hydrogens (primary N) is 1. The van der Waals surface area contributed by atoms with Gasteiger partial charge in [0.1, 0.15) is 4.99 Å². The molecule has 0 unspecified atom stereocenters. The van der Waals surface area contributed by atoms with Gasteiger partial charge in [0.05, 0.1) is 10.6 Å². The number of thiocarbonyl (C=S) groups is 1. The summed E-state index contributed by atoms with van der Waals surface area (Å²) in [5.41, 5.74) is 3.94. The van der Waals surface area contributed by atoms with E-state index < -0.39 is 10.0 Å². The Morgan fingerprint density at radius 1 is 1.04 bits per heavy atom. The molecule has 0 heterocycles. The van der Waals surface area contributed by atoms with E-state index in [1.807, 2.05) is 30.3 Å². The first-order valence-corrected chi connectivity index (χ1v) is 9.07. The van der Waals surface area contributed by atoms with Crippen LogP contribution in [0, 0.1) is 0 Å². The van der Waals surface area contributed by atoms with Crippen molar-refractivity contribution < 1.29 is 13.2 Å². The van der Waals surface area contributed by atoms with Gasteiger partial charge in [0.15, 0.2) is 11.5 Å². The quantitative estimate of drug-likeness (QED) is 0.404. The summed E-state index contributed by atoms with van der Waals surface area (Å²) in [5, 5.41) is 12.0. The van der Waals surface area contributed by atoms with Crippen LogP contribution in [-0.4, -0.2) is 24.9 Å². The topological polar surface area (TPSA) is 114 Å². The zero-order chi connectivity index (χ0) is 18.4. The van der Waals surface area contributed by atoms with Crippen molar-refractivity contribution in [3.63, 3.8) is 0 Å². The number of sulfonamides is 1. The molecule has 0 atom stereocenters. The van der Waals surface area contributed by atoms with E-state index in [9.17, 15) is 13.2 Å². The second-order valence-corrected chi connectivity index (χ2v) is 6.99. The molecule has 0 aliphatic carbocycles. The summed E-state index contributed by atoms with van der Waals surface area (Å²) in [4.78, 5) is 11.9. The Labute approximate surface area is 151 Å². The largest absolute Gasteiger partial charge is 0.345 e. The first kappa shape index (κ1) is 18.7. The molecule has 9 heteroatoms. The Bertz CT molecular complexity index is 908. The van der Waals surface area contributed by atoms with E-state index in [2.05, 4.69) is 15.8 Å². The number of Topliss-reactive ketones (excluding diaryl/α,β-unsaturated/α-hetero) is 1. The summed E-state index contributed by atoms with van der Waals surface area (Å²) in [7, 11) is -3.76. The number of nitrogens with one attached hydrogen (secondary N) is 2. The van der Waals surface area contributed by atoms with E-state index >= 15 is 0 Å². The Kier molecular flexibility index (Phi) is 5.97. The Hall–Kier alpha value is -2.62. The Morgan fingerprint density at radius 2 is 1.64 bits per heavy atom. The van der Waals surface area contributed by atoms with Crippen molar-refractivity contribution in [2.45, 2.75) is 11.8 Å². The van der Waals surface area contributed by atoms with Gasteiger partial charge in [-0.25, -0.2) is 13.6 Å². The number of para-hydroxylation sites is 1. The van der Waals surface area contributed by atoms with Gasteiger partial charge in [-0.3, -0.25) is 10.2 Å². The second kappa shape index (κ2) is 7.97. The van der Waals surface area contributed by atoms with E-state index in [0.717, 1.165) is 5.69 Å². The lowest BCUT2D eigenvalue weighted by Gasteiger charge is -2.09. The molecule has 0 aliphatic heterocycles. The average molecular weight is 376 g/mol. The molecule has 0 spiro atoms. The lowest BCUT2D eigenvalue weighted by atomic mass is 10.2. The zero-order valence-corrected chi connectivity index (χ0v) is 14.9. The highest BCUT2D eigenvalue weighted by atomic mass is 32.2. The van der Waals surface area contributed by atoms with Crippen LogP contribution in [0.1, 0.15) is 6.92 Å². The highest BCUT2D eigenvalue weighted by Gasteiger charge is 2.13. The lowest BCUT2D eigenvalue weighted by molar-refractivity contribution is -0.110. The number of hydrogen-bond donors (Lipinski definition) is 3. The Morgan fingerprint density at radius 3 is 2.16 bits per heavy atom. The summed E-state index contributed by atoms with van der Waals surface area (Å²) >= 11 is 5.22. The Balaban J connectivity index is 2.14. The first-order valence-electron chi connectivity index (χ1n) is 7.11. The maximum absolute atomic E-state index is 11.8. The van der Waals surface area contributed by atoms with Crippen LogP contribution in [0.5, 0.6) is 0 Å². The molecule has 0 fully saturated rings. The molecule has 2 aromatic rings. The van der Waals surface area contributed by atoms with E-state index in [1.54, 1.807) is 0 Å². The molecular weight excluding hydrogens is 360 g/mol. The zero-order valence-electron chi connectivity index (χ0n) is 13.3. The van der Waals surface area contributed by atoms with Crippen LogP contribution in [0.25, 0.3) is 0 Å². The minimum atomic E-state index is -3.76. The summed E-state index contributed by atoms with van der Waals surface area (Å²) in [5.74, 6) is -0.318. The summed E-state index contributed by atoms with van der Waals surface area (Å²) in [6.07, 6.45) is 0. The van der Waals surface area contributed by atoms with Crippen molar-refractivity contribution in [2.24, 2.45) is 10.2 Å². The van der Waals surface area contributed by atoms with Gasteiger partial charge in [-0.05, 0) is 36.4 Å². The molecule has 25 heavy (non-hydrogen) atoms. The number of rotatable bonds is 6. The second-order valence-electron chi connectivity index (χ2n) is 5.02. The van der Waals surface area contributed by atoms with E-state index in [-0.39, 0.29) is 21.4 Å². The molecule has 0 radical (unpaired) electrons. The van der Waals surface area contributed by atoms with Crippen LogP contribution < -0.4 is 15.9 Å². The van der Waals surface area contributed by atoms with E-state index in [0.29, 0.717) is 5.69 Å². The van der Waals surface area contributed by atoms with Gasteiger partial charge in [0.2, 0.25) is 10.0 Å². The number of hydrogen-bond acceptors (Lipinski definition) is 6. The molecule has 4 N–H and O–H groups in total. The van der Waals surface area contributed by atoms with Crippen LogP contribution >= 0.6 is 12.2 Å². The standard InChI is InChI=1S/C16H16N4O3S2/c1-11(21)15(16(24)18-12-5-3-2-4-6-12)20-19-13-7-9-14(10-8-13)25(17,22)23/h2-10,19H,1H3,(H,18,24)(H2,17,22,23)/b20-15+. The fraction of sp³-hybridized carbons (Fsp3) is 0.0625. The fourth-order valence-electron chi connectivity index (χ4n) is 1.84. The third-order valence-corrected chi connectivity index (χ3v) is 4.28. The third-order valence-electron chi connectivity index (χ3n) is 3.06. The highest BCUT2D eigenvalue weighted by Crippen LogP contribution is 2.13. The molecule has 0 saturated carbocycles. The van der Waals surface area contributed by atoms with Crippen LogP contribution in [0.2, 0.25) is 0 Å². The molecule has 0 aromatic heterocycles. The minimum Gasteiger partial charge on any atom is -0.345 e. The van der Waals surface area contributed by atoms with Gasteiger partial charge in [-0.2, -0.15) is 5.10 Å². The van der Waals surface area contributed by atoms with Crippen molar-refractivity contribution in [3.05, 3.63) is 54.6 Å². The molecule has 0 bridgehead atoms. The molecule has 130 valence electrons. The van der Waals surface area contributed by atoms with Crippen molar-refractivity contribution in [2.75, 3.05) is 10.7 Å². The highest BCUT2D eigenvalue weighted by molar-refractivity contribution is 7.89. The number of ketones is 1. The molecular formula is C16H16N4O3S2.